The molecule has 22 heavy (non-hydrogen) atoms. The Morgan fingerprint density at radius 1 is 1.09 bits per heavy atom. The fraction of sp³-hybridized carbons (Fsp3) is 0.471. The number of rotatable bonds is 9. The zero-order valence-corrected chi connectivity index (χ0v) is 13.2. The molecule has 0 spiro atoms. The van der Waals surface area contributed by atoms with Gasteiger partial charge in [-0.2, -0.15) is 0 Å². The summed E-state index contributed by atoms with van der Waals surface area (Å²) in [5, 5.41) is 7.00. The molecule has 0 fully saturated rings. The van der Waals surface area contributed by atoms with E-state index in [1.807, 2.05) is 12.1 Å². The number of hydrogen-bond donors (Lipinski definition) is 2. The van der Waals surface area contributed by atoms with Crippen LogP contribution in [0.15, 0.2) is 36.5 Å². The van der Waals surface area contributed by atoms with E-state index in [4.69, 9.17) is 4.74 Å². The van der Waals surface area contributed by atoms with E-state index in [9.17, 15) is 4.79 Å². The molecule has 5 heteroatoms. The summed E-state index contributed by atoms with van der Waals surface area (Å²) in [7, 11) is 1.69. The topological polar surface area (TPSA) is 55.3 Å². The molecule has 2 N–H and O–H groups in total. The SMILES string of the molecule is COCCCCNC(=O)NCCCn1ccc2ccccc21. The van der Waals surface area contributed by atoms with Crippen LogP contribution in [-0.4, -0.2) is 37.4 Å². The zero-order chi connectivity index (χ0) is 15.6. The number of benzene rings is 1. The minimum absolute atomic E-state index is 0.0882. The average Bonchev–Trinajstić information content (AvgIpc) is 2.95. The standard InChI is InChI=1S/C17H25N3O2/c1-22-14-5-4-10-18-17(21)19-11-6-12-20-13-9-15-7-2-3-8-16(15)20/h2-3,7-9,13H,4-6,10-12,14H2,1H3,(H2,18,19,21). The van der Waals surface area contributed by atoms with Crippen molar-refractivity contribution >= 4 is 16.9 Å². The lowest BCUT2D eigenvalue weighted by molar-refractivity contribution is 0.192. The van der Waals surface area contributed by atoms with Gasteiger partial charge in [0.05, 0.1) is 0 Å². The second-order valence-corrected chi connectivity index (χ2v) is 5.30. The fourth-order valence-electron chi connectivity index (χ4n) is 2.42. The first-order valence-electron chi connectivity index (χ1n) is 7.86. The maximum Gasteiger partial charge on any atom is 0.314 e. The summed E-state index contributed by atoms with van der Waals surface area (Å²) in [5.74, 6) is 0. The molecule has 0 radical (unpaired) electrons. The third-order valence-electron chi connectivity index (χ3n) is 3.60. The van der Waals surface area contributed by atoms with Gasteiger partial charge in [-0.1, -0.05) is 18.2 Å². The monoisotopic (exact) mass is 303 g/mol. The molecule has 0 bridgehead atoms. The Bertz CT molecular complexity index is 580. The molecule has 1 heterocycles. The highest BCUT2D eigenvalue weighted by molar-refractivity contribution is 5.79. The number of aryl methyl sites for hydroxylation is 1. The van der Waals surface area contributed by atoms with Crippen LogP contribution in [0.5, 0.6) is 0 Å². The molecule has 0 aliphatic carbocycles. The smallest absolute Gasteiger partial charge is 0.314 e. The number of carbonyl (C=O) groups excluding carboxylic acids is 1. The number of aromatic nitrogens is 1. The van der Waals surface area contributed by atoms with Crippen LogP contribution in [-0.2, 0) is 11.3 Å². The van der Waals surface area contributed by atoms with Crippen LogP contribution in [0.25, 0.3) is 10.9 Å². The molecule has 2 aromatic rings. The predicted molar refractivity (Wildman–Crippen MR) is 89.1 cm³/mol. The van der Waals surface area contributed by atoms with Crippen LogP contribution in [0.3, 0.4) is 0 Å². The quantitative estimate of drug-likeness (QED) is 0.700. The number of para-hydroxylation sites is 1. The highest BCUT2D eigenvalue weighted by Gasteiger charge is 2.01. The Morgan fingerprint density at radius 2 is 1.86 bits per heavy atom. The van der Waals surface area contributed by atoms with Crippen LogP contribution >= 0.6 is 0 Å². The van der Waals surface area contributed by atoms with Gasteiger partial charge in [-0.05, 0) is 36.8 Å². The summed E-state index contributed by atoms with van der Waals surface area (Å²) in [5.41, 5.74) is 1.24. The molecular formula is C17H25N3O2. The first-order valence-corrected chi connectivity index (χ1v) is 7.86. The third-order valence-corrected chi connectivity index (χ3v) is 3.60. The molecule has 0 aliphatic rings. The zero-order valence-electron chi connectivity index (χ0n) is 13.2. The summed E-state index contributed by atoms with van der Waals surface area (Å²) in [6, 6.07) is 10.4. The van der Waals surface area contributed by atoms with Crippen molar-refractivity contribution in [2.45, 2.75) is 25.8 Å². The molecule has 120 valence electrons. The van der Waals surface area contributed by atoms with Crippen LogP contribution in [0.4, 0.5) is 4.79 Å². The lowest BCUT2D eigenvalue weighted by Gasteiger charge is -2.08. The minimum Gasteiger partial charge on any atom is -0.385 e. The van der Waals surface area contributed by atoms with Crippen LogP contribution in [0.2, 0.25) is 0 Å². The molecule has 1 aromatic carbocycles. The van der Waals surface area contributed by atoms with Crippen molar-refractivity contribution in [3.8, 4) is 0 Å². The molecule has 0 aliphatic heterocycles. The van der Waals surface area contributed by atoms with Crippen molar-refractivity contribution in [2.75, 3.05) is 26.8 Å². The van der Waals surface area contributed by atoms with Crippen LogP contribution in [0, 0.1) is 0 Å². The number of ether oxygens (including phenoxy) is 1. The lowest BCUT2D eigenvalue weighted by Crippen LogP contribution is -2.36. The van der Waals surface area contributed by atoms with Gasteiger partial charge in [0.2, 0.25) is 0 Å². The first-order chi connectivity index (χ1) is 10.8. The predicted octanol–water partition coefficient (Wildman–Crippen LogP) is 2.76. The van der Waals surface area contributed by atoms with E-state index in [0.717, 1.165) is 32.4 Å². The van der Waals surface area contributed by atoms with Crippen LogP contribution in [0.1, 0.15) is 19.3 Å². The number of carbonyl (C=O) groups is 1. The second kappa shape index (κ2) is 9.10. The van der Waals surface area contributed by atoms with Crippen molar-refractivity contribution in [3.05, 3.63) is 36.5 Å². The van der Waals surface area contributed by atoms with E-state index in [2.05, 4.69) is 39.6 Å². The summed E-state index contributed by atoms with van der Waals surface area (Å²) in [6.07, 6.45) is 4.92. The van der Waals surface area contributed by atoms with Gasteiger partial charge in [-0.25, -0.2) is 4.79 Å². The minimum atomic E-state index is -0.0882. The number of fused-ring (bicyclic) bond motifs is 1. The molecular weight excluding hydrogens is 278 g/mol. The molecule has 1 aromatic heterocycles. The maximum absolute atomic E-state index is 11.6. The molecule has 0 atom stereocenters. The van der Waals surface area contributed by atoms with E-state index in [1.165, 1.54) is 10.9 Å². The second-order valence-electron chi connectivity index (χ2n) is 5.30. The lowest BCUT2D eigenvalue weighted by atomic mass is 10.2. The molecule has 2 amide bonds. The van der Waals surface area contributed by atoms with Crippen molar-refractivity contribution in [3.63, 3.8) is 0 Å². The normalized spacial score (nSPS) is 10.8. The van der Waals surface area contributed by atoms with Gasteiger partial charge in [0.25, 0.3) is 0 Å². The number of amides is 2. The summed E-state index contributed by atoms with van der Waals surface area (Å²) >= 11 is 0. The van der Waals surface area contributed by atoms with Gasteiger partial charge in [0.15, 0.2) is 0 Å². The van der Waals surface area contributed by atoms with Gasteiger partial charge in [0, 0.05) is 45.1 Å². The van der Waals surface area contributed by atoms with Gasteiger partial charge < -0.3 is 19.9 Å². The largest absolute Gasteiger partial charge is 0.385 e. The van der Waals surface area contributed by atoms with E-state index < -0.39 is 0 Å². The van der Waals surface area contributed by atoms with Crippen molar-refractivity contribution < 1.29 is 9.53 Å². The van der Waals surface area contributed by atoms with Gasteiger partial charge >= 0.3 is 6.03 Å². The van der Waals surface area contributed by atoms with Crippen molar-refractivity contribution in [1.29, 1.82) is 0 Å². The number of unbranched alkanes of at least 4 members (excludes halogenated alkanes) is 1. The number of hydrogen-bond acceptors (Lipinski definition) is 2. The number of nitrogens with one attached hydrogen (secondary N) is 2. The Kier molecular flexibility index (Phi) is 6.77. The molecule has 5 nitrogen and oxygen atoms in total. The van der Waals surface area contributed by atoms with Gasteiger partial charge in [0.1, 0.15) is 0 Å². The Morgan fingerprint density at radius 3 is 2.68 bits per heavy atom. The molecule has 0 saturated heterocycles. The van der Waals surface area contributed by atoms with Crippen molar-refractivity contribution in [1.82, 2.24) is 15.2 Å². The van der Waals surface area contributed by atoms with E-state index in [0.29, 0.717) is 13.1 Å². The third kappa shape index (κ3) is 5.07. The van der Waals surface area contributed by atoms with Gasteiger partial charge in [-0.15, -0.1) is 0 Å². The van der Waals surface area contributed by atoms with E-state index in [1.54, 1.807) is 7.11 Å². The number of methoxy groups -OCH3 is 1. The summed E-state index contributed by atoms with van der Waals surface area (Å²) in [6.45, 7) is 3.02. The Hall–Kier alpha value is -2.01. The molecule has 2 rings (SSSR count). The molecule has 0 unspecified atom stereocenters. The van der Waals surface area contributed by atoms with Crippen molar-refractivity contribution in [2.24, 2.45) is 0 Å². The average molecular weight is 303 g/mol. The highest BCUT2D eigenvalue weighted by Crippen LogP contribution is 2.15. The maximum atomic E-state index is 11.6. The number of urea groups is 1. The van der Waals surface area contributed by atoms with Crippen LogP contribution < -0.4 is 10.6 Å². The molecule has 0 saturated carbocycles. The highest BCUT2D eigenvalue weighted by atomic mass is 16.5. The van der Waals surface area contributed by atoms with Gasteiger partial charge in [-0.3, -0.25) is 0 Å². The Balaban J connectivity index is 1.60. The number of nitrogens with zero attached hydrogens (tertiary/aromatic N) is 1. The summed E-state index contributed by atoms with van der Waals surface area (Å²) in [4.78, 5) is 11.6. The fourth-order valence-corrected chi connectivity index (χ4v) is 2.42. The van der Waals surface area contributed by atoms with E-state index >= 15 is 0 Å². The Labute approximate surface area is 131 Å². The summed E-state index contributed by atoms with van der Waals surface area (Å²) < 4.78 is 7.19. The first kappa shape index (κ1) is 16.4. The van der Waals surface area contributed by atoms with E-state index in [-0.39, 0.29) is 6.03 Å².